The molecule has 0 rings (SSSR count). The van der Waals surface area contributed by atoms with E-state index in [-0.39, 0.29) is 37.5 Å². The Morgan fingerprint density at radius 1 is 0.259 bits per heavy atom. The number of rotatable bonds is 59. The van der Waals surface area contributed by atoms with Crippen LogP contribution in [0.25, 0.3) is 0 Å². The summed E-state index contributed by atoms with van der Waals surface area (Å²) < 4.78 is 16.9. The zero-order chi connectivity index (χ0) is 58.5. The number of unbranched alkanes of at least 4 members (excludes halogenated alkanes) is 24. The molecular weight excluding hydrogens is 997 g/mol. The van der Waals surface area contributed by atoms with Crippen molar-refractivity contribution in [3.8, 4) is 0 Å². The number of carbonyl (C=O) groups is 3. The van der Waals surface area contributed by atoms with E-state index in [1.807, 2.05) is 0 Å². The van der Waals surface area contributed by atoms with Crippen LogP contribution in [0, 0.1) is 0 Å². The summed E-state index contributed by atoms with van der Waals surface area (Å²) in [5, 5.41) is 0. The van der Waals surface area contributed by atoms with Crippen LogP contribution in [0.3, 0.4) is 0 Å². The predicted molar refractivity (Wildman–Crippen MR) is 352 cm³/mol. The van der Waals surface area contributed by atoms with E-state index in [0.29, 0.717) is 12.8 Å². The minimum absolute atomic E-state index is 0.0999. The zero-order valence-electron chi connectivity index (χ0n) is 52.5. The van der Waals surface area contributed by atoms with Gasteiger partial charge in [-0.2, -0.15) is 0 Å². The lowest BCUT2D eigenvalue weighted by atomic mass is 10.0. The lowest BCUT2D eigenvalue weighted by Gasteiger charge is -2.18. The Kier molecular flexibility index (Phi) is 63.9. The first-order valence-corrected chi connectivity index (χ1v) is 33.3. The molecule has 0 radical (unpaired) electrons. The largest absolute Gasteiger partial charge is 0.462 e. The van der Waals surface area contributed by atoms with E-state index < -0.39 is 6.10 Å². The maximum atomic E-state index is 12.9. The highest BCUT2D eigenvalue weighted by molar-refractivity contribution is 5.71. The van der Waals surface area contributed by atoms with Gasteiger partial charge in [0.25, 0.3) is 0 Å². The summed E-state index contributed by atoms with van der Waals surface area (Å²) in [7, 11) is 0. The highest BCUT2D eigenvalue weighted by Crippen LogP contribution is 2.15. The molecule has 81 heavy (non-hydrogen) atoms. The van der Waals surface area contributed by atoms with Crippen molar-refractivity contribution in [2.24, 2.45) is 0 Å². The summed E-state index contributed by atoms with van der Waals surface area (Å²) in [5.41, 5.74) is 0. The van der Waals surface area contributed by atoms with Gasteiger partial charge in [-0.15, -0.1) is 0 Å². The second-order valence-electron chi connectivity index (χ2n) is 21.6. The normalized spacial score (nSPS) is 13.1. The van der Waals surface area contributed by atoms with Gasteiger partial charge in [0.15, 0.2) is 6.10 Å². The number of hydrogen-bond acceptors (Lipinski definition) is 6. The molecule has 1 atom stereocenters. The fourth-order valence-electron chi connectivity index (χ4n) is 8.88. The topological polar surface area (TPSA) is 78.9 Å². The van der Waals surface area contributed by atoms with E-state index in [9.17, 15) is 14.4 Å². The van der Waals surface area contributed by atoms with Gasteiger partial charge in [0.1, 0.15) is 13.2 Å². The van der Waals surface area contributed by atoms with Gasteiger partial charge >= 0.3 is 17.9 Å². The molecule has 6 nitrogen and oxygen atoms in total. The summed E-state index contributed by atoms with van der Waals surface area (Å²) in [6.45, 7) is 6.36. The maximum Gasteiger partial charge on any atom is 0.306 e. The molecule has 0 spiro atoms. The summed E-state index contributed by atoms with van der Waals surface area (Å²) in [4.78, 5) is 38.4. The van der Waals surface area contributed by atoms with Crippen molar-refractivity contribution in [2.45, 2.75) is 297 Å². The van der Waals surface area contributed by atoms with Gasteiger partial charge in [0.05, 0.1) is 0 Å². The molecule has 458 valence electrons. The van der Waals surface area contributed by atoms with Crippen LogP contribution in [-0.2, 0) is 28.6 Å². The van der Waals surface area contributed by atoms with Crippen LogP contribution in [0.15, 0.2) is 146 Å². The number of carbonyl (C=O) groups excluding carboxylic acids is 3. The number of ether oxygens (including phenoxy) is 3. The molecule has 0 saturated carbocycles. The minimum atomic E-state index is -0.808. The van der Waals surface area contributed by atoms with Gasteiger partial charge in [-0.05, 0) is 141 Å². The molecule has 0 fully saturated rings. The average Bonchev–Trinajstić information content (AvgIpc) is 3.47. The molecule has 0 amide bonds. The first kappa shape index (κ1) is 76.3. The third kappa shape index (κ3) is 66.0. The molecule has 0 heterocycles. The molecular formula is C75H122O6. The molecule has 0 aromatic carbocycles. The summed E-state index contributed by atoms with van der Waals surface area (Å²) in [6.07, 6.45) is 97.1. The molecule has 0 aromatic rings. The van der Waals surface area contributed by atoms with E-state index in [1.165, 1.54) is 109 Å². The first-order valence-electron chi connectivity index (χ1n) is 33.3. The average molecular weight is 1120 g/mol. The zero-order valence-corrected chi connectivity index (χ0v) is 52.5. The van der Waals surface area contributed by atoms with Crippen molar-refractivity contribution in [1.29, 1.82) is 0 Å². The Morgan fingerprint density at radius 3 is 0.765 bits per heavy atom. The second-order valence-corrected chi connectivity index (χ2v) is 21.6. The lowest BCUT2D eigenvalue weighted by Crippen LogP contribution is -2.30. The lowest BCUT2D eigenvalue weighted by molar-refractivity contribution is -0.167. The highest BCUT2D eigenvalue weighted by atomic mass is 16.6. The van der Waals surface area contributed by atoms with Gasteiger partial charge in [-0.1, -0.05) is 276 Å². The van der Waals surface area contributed by atoms with E-state index in [1.54, 1.807) is 0 Å². The summed E-state index contributed by atoms with van der Waals surface area (Å²) >= 11 is 0. The molecule has 0 aliphatic rings. The second kappa shape index (κ2) is 67.8. The molecule has 0 N–H and O–H groups in total. The van der Waals surface area contributed by atoms with Gasteiger partial charge in [0, 0.05) is 19.3 Å². The van der Waals surface area contributed by atoms with Gasteiger partial charge in [-0.3, -0.25) is 14.4 Å². The van der Waals surface area contributed by atoms with Crippen LogP contribution in [0.1, 0.15) is 290 Å². The Morgan fingerprint density at radius 2 is 0.481 bits per heavy atom. The Balaban J connectivity index is 4.42. The van der Waals surface area contributed by atoms with Gasteiger partial charge < -0.3 is 14.2 Å². The van der Waals surface area contributed by atoms with Crippen LogP contribution < -0.4 is 0 Å². The maximum absolute atomic E-state index is 12.9. The molecule has 0 saturated heterocycles. The minimum Gasteiger partial charge on any atom is -0.462 e. The summed E-state index contributed by atoms with van der Waals surface area (Å²) in [6, 6.07) is 0. The van der Waals surface area contributed by atoms with Crippen LogP contribution in [0.2, 0.25) is 0 Å². The Hall–Kier alpha value is -4.71. The van der Waals surface area contributed by atoms with Crippen molar-refractivity contribution >= 4 is 17.9 Å². The van der Waals surface area contributed by atoms with Crippen molar-refractivity contribution in [3.63, 3.8) is 0 Å². The van der Waals surface area contributed by atoms with Crippen LogP contribution >= 0.6 is 0 Å². The van der Waals surface area contributed by atoms with E-state index in [4.69, 9.17) is 14.2 Å². The first-order chi connectivity index (χ1) is 40.0. The SMILES string of the molecule is CC/C=C\C/C=C\C/C=C\C/C=C\C/C=C\CCCCCCCCCCCCCC(=O)OCC(COC(=O)CCCCCCCCC/C=C\C/C=C\CCCCC)OC(=O)CCCCC/C=C\C/C=C\C/C=C\C/C=C\C/C=C\CC. The van der Waals surface area contributed by atoms with Gasteiger partial charge in [-0.25, -0.2) is 0 Å². The highest BCUT2D eigenvalue weighted by Gasteiger charge is 2.19. The molecule has 1 unspecified atom stereocenters. The van der Waals surface area contributed by atoms with Crippen molar-refractivity contribution < 1.29 is 28.6 Å². The fraction of sp³-hybridized carbons (Fsp3) is 0.640. The molecule has 0 aliphatic carbocycles. The van der Waals surface area contributed by atoms with Crippen LogP contribution in [0.4, 0.5) is 0 Å². The van der Waals surface area contributed by atoms with E-state index in [2.05, 4.69) is 167 Å². The quantitative estimate of drug-likeness (QED) is 0.0261. The van der Waals surface area contributed by atoms with Crippen LogP contribution in [0.5, 0.6) is 0 Å². The Labute approximate surface area is 499 Å². The Bertz CT molecular complexity index is 1760. The smallest absolute Gasteiger partial charge is 0.306 e. The number of esters is 3. The molecule has 0 aromatic heterocycles. The van der Waals surface area contributed by atoms with E-state index in [0.717, 1.165) is 141 Å². The molecule has 6 heteroatoms. The third-order valence-electron chi connectivity index (χ3n) is 13.8. The predicted octanol–water partition coefficient (Wildman–Crippen LogP) is 23.1. The number of hydrogen-bond donors (Lipinski definition) is 0. The van der Waals surface area contributed by atoms with E-state index >= 15 is 0 Å². The summed E-state index contributed by atoms with van der Waals surface area (Å²) in [5.74, 6) is -0.940. The molecule has 0 bridgehead atoms. The van der Waals surface area contributed by atoms with Crippen LogP contribution in [-0.4, -0.2) is 37.2 Å². The monoisotopic (exact) mass is 1120 g/mol. The standard InChI is InChI=1S/C75H122O6/c1-4-7-10-13-16-19-22-25-28-31-33-34-35-36-37-38-39-40-42-44-47-50-53-56-59-62-65-68-74(77)80-71-72(70-79-73(76)67-64-61-58-55-52-49-46-43-30-27-24-21-18-15-12-9-6-3)81-75(78)69-66-63-60-57-54-51-48-45-41-32-29-26-23-20-17-14-11-8-5-2/h7-8,10-11,16-21,25-30,33-34,36-37,41,45,51,54,72H,4-6,9,12-15,22-24,31-32,35,38-40,42-44,46-50,52-53,55-71H2,1-3H3/b10-7-,11-8-,19-16-,20-17-,21-18-,28-25-,29-26-,30-27-,34-33-,37-36-,45-41-,54-51-. The number of allylic oxidation sites excluding steroid dienone is 24. The van der Waals surface area contributed by atoms with Crippen molar-refractivity contribution in [2.75, 3.05) is 13.2 Å². The van der Waals surface area contributed by atoms with Gasteiger partial charge in [0.2, 0.25) is 0 Å². The third-order valence-corrected chi connectivity index (χ3v) is 13.8. The van der Waals surface area contributed by atoms with Crippen molar-refractivity contribution in [3.05, 3.63) is 146 Å². The molecule has 0 aliphatic heterocycles. The fourth-order valence-corrected chi connectivity index (χ4v) is 8.88. The van der Waals surface area contributed by atoms with Crippen molar-refractivity contribution in [1.82, 2.24) is 0 Å².